The molecule has 1 aromatic heterocycles. The van der Waals surface area contributed by atoms with Crippen molar-refractivity contribution in [1.82, 2.24) is 9.88 Å². The quantitative estimate of drug-likeness (QED) is 0.838. The highest BCUT2D eigenvalue weighted by molar-refractivity contribution is 6.32. The number of hydrogen-bond acceptors (Lipinski definition) is 3. The van der Waals surface area contributed by atoms with Crippen LogP contribution in [0.25, 0.3) is 0 Å². The van der Waals surface area contributed by atoms with Gasteiger partial charge in [-0.1, -0.05) is 23.2 Å². The van der Waals surface area contributed by atoms with Crippen molar-refractivity contribution in [2.75, 3.05) is 6.54 Å². The number of rotatable bonds is 5. The van der Waals surface area contributed by atoms with Gasteiger partial charge in [0.15, 0.2) is 0 Å². The summed E-state index contributed by atoms with van der Waals surface area (Å²) in [6, 6.07) is 3.48. The molecular weight excluding hydrogens is 261 g/mol. The van der Waals surface area contributed by atoms with E-state index >= 15 is 0 Å². The Hall–Kier alpha value is -0.840. The summed E-state index contributed by atoms with van der Waals surface area (Å²) in [5.74, 6) is -0.378. The molecule has 0 bridgehead atoms. The lowest BCUT2D eigenvalue weighted by molar-refractivity contribution is -0.119. The van der Waals surface area contributed by atoms with Gasteiger partial charge in [0.05, 0.1) is 17.3 Å². The van der Waals surface area contributed by atoms with Crippen LogP contribution in [0.4, 0.5) is 0 Å². The average molecular weight is 276 g/mol. The number of primary amides is 1. The van der Waals surface area contributed by atoms with Crippen LogP contribution in [-0.4, -0.2) is 28.4 Å². The van der Waals surface area contributed by atoms with Gasteiger partial charge in [0.2, 0.25) is 5.91 Å². The van der Waals surface area contributed by atoms with E-state index in [4.69, 9.17) is 28.9 Å². The number of carbonyl (C=O) groups is 1. The third kappa shape index (κ3) is 4.50. The molecule has 2 N–H and O–H groups in total. The Bertz CT molecular complexity index is 410. The van der Waals surface area contributed by atoms with Gasteiger partial charge < -0.3 is 5.73 Å². The summed E-state index contributed by atoms with van der Waals surface area (Å²) in [6.45, 7) is 4.56. The molecule has 0 aliphatic rings. The molecule has 1 rings (SSSR count). The summed E-state index contributed by atoms with van der Waals surface area (Å²) in [7, 11) is 0. The van der Waals surface area contributed by atoms with Crippen LogP contribution >= 0.6 is 23.2 Å². The topological polar surface area (TPSA) is 59.2 Å². The molecule has 0 fully saturated rings. The Morgan fingerprint density at radius 1 is 1.47 bits per heavy atom. The minimum atomic E-state index is -0.378. The number of amides is 1. The molecule has 0 radical (unpaired) electrons. The van der Waals surface area contributed by atoms with Gasteiger partial charge in [0, 0.05) is 12.6 Å². The van der Waals surface area contributed by atoms with E-state index in [0.717, 1.165) is 0 Å². The zero-order valence-corrected chi connectivity index (χ0v) is 11.3. The van der Waals surface area contributed by atoms with Crippen molar-refractivity contribution >= 4 is 29.1 Å². The standard InChI is InChI=1S/C11H15Cl2N3O/c1-7(2)16(6-11(14)17)5-9-8(12)3-4-10(13)15-9/h3-4,7H,5-6H2,1-2H3,(H2,14,17). The van der Waals surface area contributed by atoms with Crippen molar-refractivity contribution < 1.29 is 4.79 Å². The average Bonchev–Trinajstić information content (AvgIpc) is 2.21. The summed E-state index contributed by atoms with van der Waals surface area (Å²) in [6.07, 6.45) is 0. The smallest absolute Gasteiger partial charge is 0.231 e. The van der Waals surface area contributed by atoms with E-state index < -0.39 is 0 Å². The van der Waals surface area contributed by atoms with Gasteiger partial charge in [-0.15, -0.1) is 0 Å². The number of nitrogens with zero attached hydrogens (tertiary/aromatic N) is 2. The van der Waals surface area contributed by atoms with Crippen molar-refractivity contribution in [2.45, 2.75) is 26.4 Å². The van der Waals surface area contributed by atoms with Crippen molar-refractivity contribution in [3.05, 3.63) is 28.0 Å². The normalized spacial score (nSPS) is 11.2. The van der Waals surface area contributed by atoms with Crippen LogP contribution in [0.5, 0.6) is 0 Å². The van der Waals surface area contributed by atoms with Crippen LogP contribution in [0.1, 0.15) is 19.5 Å². The number of pyridine rings is 1. The Morgan fingerprint density at radius 3 is 2.65 bits per heavy atom. The first-order valence-electron chi connectivity index (χ1n) is 5.23. The summed E-state index contributed by atoms with van der Waals surface area (Å²) >= 11 is 11.8. The molecule has 0 aliphatic carbocycles. The van der Waals surface area contributed by atoms with Crippen molar-refractivity contribution in [3.8, 4) is 0 Å². The summed E-state index contributed by atoms with van der Waals surface area (Å²) in [4.78, 5) is 17.0. The lowest BCUT2D eigenvalue weighted by atomic mass is 10.2. The lowest BCUT2D eigenvalue weighted by Gasteiger charge is -2.24. The predicted octanol–water partition coefficient (Wildman–Crippen LogP) is 2.08. The molecule has 17 heavy (non-hydrogen) atoms. The monoisotopic (exact) mass is 275 g/mol. The number of hydrogen-bond donors (Lipinski definition) is 1. The van der Waals surface area contributed by atoms with Gasteiger partial charge in [0.1, 0.15) is 5.15 Å². The summed E-state index contributed by atoms with van der Waals surface area (Å²) in [5, 5.41) is 0.914. The highest BCUT2D eigenvalue weighted by atomic mass is 35.5. The van der Waals surface area contributed by atoms with Crippen LogP contribution in [0.2, 0.25) is 10.2 Å². The third-order valence-electron chi connectivity index (χ3n) is 2.33. The third-order valence-corrected chi connectivity index (χ3v) is 2.88. The molecule has 0 unspecified atom stereocenters. The molecule has 0 atom stereocenters. The molecule has 1 heterocycles. The maximum atomic E-state index is 11.0. The van der Waals surface area contributed by atoms with Crippen LogP contribution in [0.3, 0.4) is 0 Å². The van der Waals surface area contributed by atoms with Gasteiger partial charge in [-0.25, -0.2) is 4.98 Å². The van der Waals surface area contributed by atoms with E-state index in [0.29, 0.717) is 22.4 Å². The molecule has 94 valence electrons. The van der Waals surface area contributed by atoms with Crippen molar-refractivity contribution in [1.29, 1.82) is 0 Å². The molecule has 0 aromatic carbocycles. The second-order valence-electron chi connectivity index (χ2n) is 4.03. The largest absolute Gasteiger partial charge is 0.369 e. The van der Waals surface area contributed by atoms with Crippen molar-refractivity contribution in [2.24, 2.45) is 5.73 Å². The summed E-state index contributed by atoms with van der Waals surface area (Å²) in [5.41, 5.74) is 5.84. The van der Waals surface area contributed by atoms with Crippen LogP contribution < -0.4 is 5.73 Å². The van der Waals surface area contributed by atoms with Gasteiger partial charge in [-0.3, -0.25) is 9.69 Å². The lowest BCUT2D eigenvalue weighted by Crippen LogP contribution is -2.38. The minimum absolute atomic E-state index is 0.166. The maximum Gasteiger partial charge on any atom is 0.231 e. The predicted molar refractivity (Wildman–Crippen MR) is 69.0 cm³/mol. The molecule has 0 saturated carbocycles. The number of nitrogens with two attached hydrogens (primary N) is 1. The zero-order valence-electron chi connectivity index (χ0n) is 9.78. The van der Waals surface area contributed by atoms with E-state index in [9.17, 15) is 4.79 Å². The Labute approximate surface area is 111 Å². The van der Waals surface area contributed by atoms with E-state index in [1.54, 1.807) is 12.1 Å². The first-order chi connectivity index (χ1) is 7.90. The van der Waals surface area contributed by atoms with Gasteiger partial charge >= 0.3 is 0 Å². The second kappa shape index (κ2) is 6.19. The molecule has 0 saturated heterocycles. The Kier molecular flexibility index (Phi) is 5.18. The Balaban J connectivity index is 2.85. The molecule has 1 amide bonds. The molecule has 6 heteroatoms. The van der Waals surface area contributed by atoms with Gasteiger partial charge in [-0.05, 0) is 26.0 Å². The number of carbonyl (C=O) groups excluding carboxylic acids is 1. The molecular formula is C11H15Cl2N3O. The molecule has 0 spiro atoms. The van der Waals surface area contributed by atoms with Crippen molar-refractivity contribution in [3.63, 3.8) is 0 Å². The molecule has 1 aromatic rings. The number of aromatic nitrogens is 1. The van der Waals surface area contributed by atoms with E-state index in [1.807, 2.05) is 18.7 Å². The first kappa shape index (κ1) is 14.2. The summed E-state index contributed by atoms with van der Waals surface area (Å²) < 4.78 is 0. The molecule has 4 nitrogen and oxygen atoms in total. The highest BCUT2D eigenvalue weighted by Crippen LogP contribution is 2.19. The van der Waals surface area contributed by atoms with Crippen LogP contribution in [0, 0.1) is 0 Å². The zero-order chi connectivity index (χ0) is 13.0. The van der Waals surface area contributed by atoms with Crippen LogP contribution in [0.15, 0.2) is 12.1 Å². The van der Waals surface area contributed by atoms with Gasteiger partial charge in [0.25, 0.3) is 0 Å². The second-order valence-corrected chi connectivity index (χ2v) is 4.82. The molecule has 0 aliphatic heterocycles. The fourth-order valence-electron chi connectivity index (χ4n) is 1.38. The van der Waals surface area contributed by atoms with E-state index in [1.165, 1.54) is 0 Å². The van der Waals surface area contributed by atoms with Crippen LogP contribution in [-0.2, 0) is 11.3 Å². The fourth-order valence-corrected chi connectivity index (χ4v) is 1.71. The van der Waals surface area contributed by atoms with E-state index in [-0.39, 0.29) is 18.5 Å². The van der Waals surface area contributed by atoms with E-state index in [2.05, 4.69) is 4.98 Å². The fraction of sp³-hybridized carbons (Fsp3) is 0.455. The number of halogens is 2. The SMILES string of the molecule is CC(C)N(CC(N)=O)Cc1nc(Cl)ccc1Cl. The first-order valence-corrected chi connectivity index (χ1v) is 5.99. The maximum absolute atomic E-state index is 11.0. The highest BCUT2D eigenvalue weighted by Gasteiger charge is 2.15. The van der Waals surface area contributed by atoms with Gasteiger partial charge in [-0.2, -0.15) is 0 Å². The minimum Gasteiger partial charge on any atom is -0.369 e. The Morgan fingerprint density at radius 2 is 2.12 bits per heavy atom.